The van der Waals surface area contributed by atoms with Crippen LogP contribution in [0.25, 0.3) is 11.1 Å². The third-order valence-electron chi connectivity index (χ3n) is 4.28. The molecular weight excluding hydrogens is 268 g/mol. The highest BCUT2D eigenvalue weighted by molar-refractivity contribution is 5.71. The van der Waals surface area contributed by atoms with Gasteiger partial charge >= 0.3 is 0 Å². The number of nitrogens with zero attached hydrogens (tertiary/aromatic N) is 2. The van der Waals surface area contributed by atoms with Crippen LogP contribution in [0.5, 0.6) is 0 Å². The molecule has 0 aliphatic heterocycles. The summed E-state index contributed by atoms with van der Waals surface area (Å²) in [6.07, 6.45) is 4.56. The zero-order valence-corrected chi connectivity index (χ0v) is 15.4. The molecule has 0 aliphatic rings. The summed E-state index contributed by atoms with van der Waals surface area (Å²) in [5.41, 5.74) is 5.71. The maximum atomic E-state index is 2.31. The van der Waals surface area contributed by atoms with Crippen LogP contribution in [0.3, 0.4) is 0 Å². The summed E-state index contributed by atoms with van der Waals surface area (Å²) in [7, 11) is 2.13. The van der Waals surface area contributed by atoms with Gasteiger partial charge in [-0.2, -0.15) is 4.68 Å². The van der Waals surface area contributed by atoms with Gasteiger partial charge in [0.1, 0.15) is 0 Å². The molecule has 0 atom stereocenters. The first-order valence-electron chi connectivity index (χ1n) is 8.35. The first-order chi connectivity index (χ1) is 10.1. The molecule has 1 aromatic heterocycles. The van der Waals surface area contributed by atoms with Crippen LogP contribution in [0.2, 0.25) is 0 Å². The Morgan fingerprint density at radius 1 is 0.955 bits per heavy atom. The van der Waals surface area contributed by atoms with Crippen molar-refractivity contribution in [3.05, 3.63) is 41.7 Å². The Kier molecular flexibility index (Phi) is 4.51. The van der Waals surface area contributed by atoms with E-state index >= 15 is 0 Å². The molecule has 0 saturated carbocycles. The van der Waals surface area contributed by atoms with Gasteiger partial charge in [0.15, 0.2) is 7.05 Å². The van der Waals surface area contributed by atoms with Crippen molar-refractivity contribution in [1.82, 2.24) is 4.68 Å². The molecule has 0 bridgehead atoms. The predicted molar refractivity (Wildman–Crippen MR) is 94.2 cm³/mol. The Hall–Kier alpha value is -1.57. The molecule has 0 amide bonds. The van der Waals surface area contributed by atoms with Gasteiger partial charge in [-0.1, -0.05) is 45.9 Å². The molecule has 0 saturated heterocycles. The van der Waals surface area contributed by atoms with Gasteiger partial charge < -0.3 is 0 Å². The fraction of sp³-hybridized carbons (Fsp3) is 0.550. The van der Waals surface area contributed by atoms with Crippen LogP contribution in [-0.2, 0) is 12.6 Å². The summed E-state index contributed by atoms with van der Waals surface area (Å²) in [6, 6.07) is 6.76. The highest BCUT2D eigenvalue weighted by atomic mass is 15.4. The molecule has 2 heteroatoms. The second kappa shape index (κ2) is 5.91. The normalized spacial score (nSPS) is 12.5. The summed E-state index contributed by atoms with van der Waals surface area (Å²) in [5.74, 6) is 1.05. The minimum Gasteiger partial charge on any atom is -0.155 e. The lowest BCUT2D eigenvalue weighted by Crippen LogP contribution is -2.45. The first kappa shape index (κ1) is 16.8. The fourth-order valence-electron chi connectivity index (χ4n) is 3.20. The van der Waals surface area contributed by atoms with Crippen LogP contribution in [0.15, 0.2) is 30.6 Å². The number of aryl methyl sites for hydroxylation is 1. The number of benzene rings is 1. The molecule has 1 aromatic carbocycles. The molecular formula is C20H31N2+. The number of hydrogen-bond acceptors (Lipinski definition) is 0. The Balaban J connectivity index is 2.71. The van der Waals surface area contributed by atoms with E-state index in [0.29, 0.717) is 11.8 Å². The highest BCUT2D eigenvalue weighted by Gasteiger charge is 2.25. The highest BCUT2D eigenvalue weighted by Crippen LogP contribution is 2.36. The van der Waals surface area contributed by atoms with Crippen molar-refractivity contribution < 1.29 is 4.68 Å². The van der Waals surface area contributed by atoms with E-state index in [2.05, 4.69) is 95.5 Å². The lowest BCUT2D eigenvalue weighted by molar-refractivity contribution is -0.759. The van der Waals surface area contributed by atoms with Gasteiger partial charge in [0, 0.05) is 0 Å². The SMILES string of the molecule is CC(C)c1cccc(C(C)C)c1-c1cn(C(C)(C)C)[n+](C)c1. The largest absolute Gasteiger partial charge is 0.203 e. The Morgan fingerprint density at radius 2 is 1.45 bits per heavy atom. The Labute approximate surface area is 135 Å². The zero-order valence-electron chi connectivity index (χ0n) is 15.4. The van der Waals surface area contributed by atoms with Crippen molar-refractivity contribution in [2.75, 3.05) is 0 Å². The van der Waals surface area contributed by atoms with Crippen LogP contribution in [0.1, 0.15) is 71.4 Å². The quantitative estimate of drug-likeness (QED) is 0.707. The first-order valence-corrected chi connectivity index (χ1v) is 8.35. The fourth-order valence-corrected chi connectivity index (χ4v) is 3.20. The third kappa shape index (κ3) is 3.11. The Morgan fingerprint density at radius 3 is 1.82 bits per heavy atom. The summed E-state index contributed by atoms with van der Waals surface area (Å²) in [5, 5.41) is 0. The third-order valence-corrected chi connectivity index (χ3v) is 4.28. The second-order valence-electron chi connectivity index (χ2n) is 7.92. The minimum atomic E-state index is 0.0811. The lowest BCUT2D eigenvalue weighted by atomic mass is 9.86. The average molecular weight is 299 g/mol. The van der Waals surface area contributed by atoms with Gasteiger partial charge in [0.05, 0.1) is 17.3 Å². The van der Waals surface area contributed by atoms with Crippen molar-refractivity contribution in [2.24, 2.45) is 7.05 Å². The number of hydrogen-bond donors (Lipinski definition) is 0. The summed E-state index contributed by atoms with van der Waals surface area (Å²) in [4.78, 5) is 0. The van der Waals surface area contributed by atoms with E-state index in [1.54, 1.807) is 0 Å². The van der Waals surface area contributed by atoms with E-state index in [0.717, 1.165) is 0 Å². The summed E-state index contributed by atoms with van der Waals surface area (Å²) in [6.45, 7) is 15.9. The molecule has 0 radical (unpaired) electrons. The average Bonchev–Trinajstić information content (AvgIpc) is 2.79. The molecule has 22 heavy (non-hydrogen) atoms. The van der Waals surface area contributed by atoms with Gasteiger partial charge in [0.2, 0.25) is 6.20 Å². The molecule has 2 nitrogen and oxygen atoms in total. The van der Waals surface area contributed by atoms with E-state index in [4.69, 9.17) is 0 Å². The van der Waals surface area contributed by atoms with Crippen LogP contribution < -0.4 is 4.68 Å². The standard InChI is InChI=1S/C20H31N2/c1-14(2)17-10-9-11-18(15(3)4)19(17)16-12-21(8)22(13-16)20(5,6)7/h9-15H,1-8H3/q+1. The molecule has 0 unspecified atom stereocenters. The topological polar surface area (TPSA) is 8.81 Å². The molecule has 0 N–H and O–H groups in total. The van der Waals surface area contributed by atoms with Crippen LogP contribution >= 0.6 is 0 Å². The van der Waals surface area contributed by atoms with Gasteiger partial charge in [-0.05, 0) is 49.3 Å². The summed E-state index contributed by atoms with van der Waals surface area (Å²) < 4.78 is 4.51. The van der Waals surface area contributed by atoms with E-state index < -0.39 is 0 Å². The maximum Gasteiger partial charge on any atom is 0.203 e. The van der Waals surface area contributed by atoms with E-state index in [1.165, 1.54) is 22.3 Å². The van der Waals surface area contributed by atoms with E-state index in [9.17, 15) is 0 Å². The zero-order chi connectivity index (χ0) is 16.7. The van der Waals surface area contributed by atoms with E-state index in [-0.39, 0.29) is 5.54 Å². The van der Waals surface area contributed by atoms with Crippen LogP contribution in [-0.4, -0.2) is 4.68 Å². The molecule has 1 heterocycles. The second-order valence-corrected chi connectivity index (χ2v) is 7.92. The van der Waals surface area contributed by atoms with Crippen LogP contribution in [0.4, 0.5) is 0 Å². The summed E-state index contributed by atoms with van der Waals surface area (Å²) >= 11 is 0. The van der Waals surface area contributed by atoms with Crippen LogP contribution in [0, 0.1) is 0 Å². The molecule has 120 valence electrons. The van der Waals surface area contributed by atoms with Crippen molar-refractivity contribution in [2.45, 2.75) is 65.8 Å². The van der Waals surface area contributed by atoms with Gasteiger partial charge in [-0.3, -0.25) is 0 Å². The molecule has 2 aromatic rings. The van der Waals surface area contributed by atoms with Crippen molar-refractivity contribution in [3.8, 4) is 11.1 Å². The van der Waals surface area contributed by atoms with E-state index in [1.807, 2.05) is 0 Å². The van der Waals surface area contributed by atoms with Gasteiger partial charge in [-0.15, -0.1) is 4.68 Å². The number of aromatic nitrogens is 2. The van der Waals surface area contributed by atoms with Crippen molar-refractivity contribution >= 4 is 0 Å². The smallest absolute Gasteiger partial charge is 0.155 e. The lowest BCUT2D eigenvalue weighted by Gasteiger charge is -2.18. The minimum absolute atomic E-state index is 0.0811. The monoisotopic (exact) mass is 299 g/mol. The number of rotatable bonds is 3. The predicted octanol–water partition coefficient (Wildman–Crippen LogP) is 4.98. The molecule has 0 aliphatic carbocycles. The maximum absolute atomic E-state index is 2.31. The molecule has 2 rings (SSSR count). The molecule has 0 spiro atoms. The van der Waals surface area contributed by atoms with Crippen molar-refractivity contribution in [1.29, 1.82) is 0 Å². The van der Waals surface area contributed by atoms with Gasteiger partial charge in [-0.25, -0.2) is 0 Å². The van der Waals surface area contributed by atoms with Crippen molar-refractivity contribution in [3.63, 3.8) is 0 Å². The molecule has 0 fully saturated rings. The van der Waals surface area contributed by atoms with Gasteiger partial charge in [0.25, 0.3) is 0 Å². The Bertz CT molecular complexity index is 629.